The first kappa shape index (κ1) is 16.9. The molecule has 0 bridgehead atoms. The maximum atomic E-state index is 5.80. The van der Waals surface area contributed by atoms with Crippen LogP contribution in [0.4, 0.5) is 0 Å². The SMILES string of the molecule is CCCCCCCC[SiH]1O[SiH2]O[SiH2]O[SiH2]O[SiH2]O1. The van der Waals surface area contributed by atoms with Gasteiger partial charge in [-0.2, -0.15) is 0 Å². The summed E-state index contributed by atoms with van der Waals surface area (Å²) in [5.74, 6) is 0. The number of hydrogen-bond acceptors (Lipinski definition) is 5. The molecule has 0 spiro atoms. The van der Waals surface area contributed by atoms with Gasteiger partial charge in [-0.25, -0.2) is 0 Å². The van der Waals surface area contributed by atoms with Gasteiger partial charge in [-0.05, 0) is 6.04 Å². The Balaban J connectivity index is 2.02. The standard InChI is InChI=1S/C8H26O5Si5/c1-2-3-4-5-6-7-8-18-12-16-10-14-9-15-11-17-13-18/h18H,2-8,14-17H2,1H3. The summed E-state index contributed by atoms with van der Waals surface area (Å²) in [6.07, 6.45) is 7.96. The van der Waals surface area contributed by atoms with Gasteiger partial charge >= 0.3 is 9.28 Å². The summed E-state index contributed by atoms with van der Waals surface area (Å²) in [5.41, 5.74) is 0. The van der Waals surface area contributed by atoms with E-state index in [1.807, 2.05) is 0 Å². The second kappa shape index (κ2) is 12.9. The van der Waals surface area contributed by atoms with Crippen molar-refractivity contribution in [1.82, 2.24) is 0 Å². The van der Waals surface area contributed by atoms with Crippen LogP contribution in [-0.4, -0.2) is 49.3 Å². The van der Waals surface area contributed by atoms with Crippen molar-refractivity contribution >= 4 is 49.3 Å². The minimum atomic E-state index is -1.45. The van der Waals surface area contributed by atoms with E-state index in [4.69, 9.17) is 20.6 Å². The topological polar surface area (TPSA) is 46.2 Å². The summed E-state index contributed by atoms with van der Waals surface area (Å²) in [4.78, 5) is 0. The minimum absolute atomic E-state index is 0.780. The summed E-state index contributed by atoms with van der Waals surface area (Å²) in [5, 5.41) is 0. The average Bonchev–Trinajstić information content (AvgIpc) is 2.41. The average molecular weight is 343 g/mol. The van der Waals surface area contributed by atoms with E-state index in [1.54, 1.807) is 0 Å². The van der Waals surface area contributed by atoms with Crippen LogP contribution >= 0.6 is 0 Å². The molecular weight excluding hydrogens is 317 g/mol. The maximum absolute atomic E-state index is 5.80. The highest BCUT2D eigenvalue weighted by atomic mass is 28.4. The number of rotatable bonds is 7. The van der Waals surface area contributed by atoms with Crippen LogP contribution in [0.5, 0.6) is 0 Å². The number of unbranched alkanes of at least 4 members (excludes halogenated alkanes) is 5. The normalized spacial score (nSPS) is 28.2. The largest absolute Gasteiger partial charge is 0.425 e. The van der Waals surface area contributed by atoms with E-state index in [-0.39, 0.29) is 0 Å². The van der Waals surface area contributed by atoms with Gasteiger partial charge in [0.05, 0.1) is 0 Å². The lowest BCUT2D eigenvalue weighted by Crippen LogP contribution is -2.32. The molecule has 0 amide bonds. The molecule has 0 N–H and O–H groups in total. The summed E-state index contributed by atoms with van der Waals surface area (Å²) in [6.45, 7) is 2.25. The molecule has 1 rings (SSSR count). The summed E-state index contributed by atoms with van der Waals surface area (Å²) < 4.78 is 27.9. The van der Waals surface area contributed by atoms with Crippen LogP contribution in [0, 0.1) is 0 Å². The highest BCUT2D eigenvalue weighted by molar-refractivity contribution is 6.59. The van der Waals surface area contributed by atoms with E-state index >= 15 is 0 Å². The molecular formula is C8H26O5Si5. The van der Waals surface area contributed by atoms with E-state index in [0.717, 1.165) is 6.04 Å². The first-order valence-electron chi connectivity index (χ1n) is 6.90. The fourth-order valence-corrected chi connectivity index (χ4v) is 12.6. The molecule has 5 nitrogen and oxygen atoms in total. The van der Waals surface area contributed by atoms with E-state index in [2.05, 4.69) is 6.92 Å². The predicted molar refractivity (Wildman–Crippen MR) is 84.9 cm³/mol. The van der Waals surface area contributed by atoms with Crippen LogP contribution in [0.3, 0.4) is 0 Å². The second-order valence-electron chi connectivity index (χ2n) is 4.40. The van der Waals surface area contributed by atoms with E-state index < -0.39 is 49.3 Å². The molecule has 1 fully saturated rings. The quantitative estimate of drug-likeness (QED) is 0.423. The highest BCUT2D eigenvalue weighted by Gasteiger charge is 2.14. The lowest BCUT2D eigenvalue weighted by molar-refractivity contribution is 0.330. The minimum Gasteiger partial charge on any atom is -0.425 e. The van der Waals surface area contributed by atoms with Crippen molar-refractivity contribution in [1.29, 1.82) is 0 Å². The van der Waals surface area contributed by atoms with Gasteiger partial charge in [-0.15, -0.1) is 0 Å². The van der Waals surface area contributed by atoms with Gasteiger partial charge < -0.3 is 20.6 Å². The van der Waals surface area contributed by atoms with E-state index in [9.17, 15) is 0 Å². The first-order valence-corrected chi connectivity index (χ1v) is 13.3. The van der Waals surface area contributed by atoms with Crippen molar-refractivity contribution in [3.63, 3.8) is 0 Å². The molecule has 0 saturated carbocycles. The molecule has 1 aliphatic rings. The zero-order valence-corrected chi connectivity index (χ0v) is 18.2. The van der Waals surface area contributed by atoms with Gasteiger partial charge in [0.25, 0.3) is 40.0 Å². The van der Waals surface area contributed by atoms with E-state index in [0.29, 0.717) is 0 Å². The summed E-state index contributed by atoms with van der Waals surface area (Å²) >= 11 is 0. The molecule has 10 heteroatoms. The Hall–Kier alpha value is 0.884. The predicted octanol–water partition coefficient (Wildman–Crippen LogP) is -1.34. The van der Waals surface area contributed by atoms with Crippen molar-refractivity contribution in [2.45, 2.75) is 51.5 Å². The van der Waals surface area contributed by atoms with Gasteiger partial charge in [0.1, 0.15) is 0 Å². The second-order valence-corrected chi connectivity index (χ2v) is 14.3. The van der Waals surface area contributed by atoms with Crippen molar-refractivity contribution in [2.24, 2.45) is 0 Å². The van der Waals surface area contributed by atoms with Crippen molar-refractivity contribution in [2.75, 3.05) is 0 Å². The third kappa shape index (κ3) is 9.77. The van der Waals surface area contributed by atoms with E-state index in [1.165, 1.54) is 38.5 Å². The van der Waals surface area contributed by atoms with Gasteiger partial charge in [0.2, 0.25) is 0 Å². The third-order valence-electron chi connectivity index (χ3n) is 2.80. The van der Waals surface area contributed by atoms with Crippen LogP contribution in [0.2, 0.25) is 6.04 Å². The Morgan fingerprint density at radius 1 is 0.722 bits per heavy atom. The van der Waals surface area contributed by atoms with Crippen LogP contribution < -0.4 is 0 Å². The monoisotopic (exact) mass is 342 g/mol. The number of hydrogen-bond donors (Lipinski definition) is 0. The molecule has 0 aromatic rings. The molecule has 0 atom stereocenters. The van der Waals surface area contributed by atoms with Gasteiger partial charge in [-0.1, -0.05) is 45.4 Å². The Kier molecular flexibility index (Phi) is 12.1. The van der Waals surface area contributed by atoms with Crippen molar-refractivity contribution < 1.29 is 20.6 Å². The van der Waals surface area contributed by atoms with Crippen LogP contribution in [0.15, 0.2) is 0 Å². The fourth-order valence-electron chi connectivity index (χ4n) is 1.77. The third-order valence-corrected chi connectivity index (χ3v) is 11.7. The first-order chi connectivity index (χ1) is 8.93. The fraction of sp³-hybridized carbons (Fsp3) is 1.00. The van der Waals surface area contributed by atoms with Crippen molar-refractivity contribution in [3.8, 4) is 0 Å². The molecule has 18 heavy (non-hydrogen) atoms. The van der Waals surface area contributed by atoms with Crippen LogP contribution in [-0.2, 0) is 20.6 Å². The molecule has 108 valence electrons. The molecule has 0 radical (unpaired) electrons. The van der Waals surface area contributed by atoms with Crippen LogP contribution in [0.1, 0.15) is 45.4 Å². The molecule has 0 aliphatic carbocycles. The Morgan fingerprint density at radius 3 is 1.94 bits per heavy atom. The van der Waals surface area contributed by atoms with Crippen molar-refractivity contribution in [3.05, 3.63) is 0 Å². The highest BCUT2D eigenvalue weighted by Crippen LogP contribution is 2.10. The Morgan fingerprint density at radius 2 is 1.28 bits per heavy atom. The Labute approximate surface area is 121 Å². The zero-order valence-electron chi connectivity index (χ0n) is 11.4. The zero-order chi connectivity index (χ0) is 12.9. The summed E-state index contributed by atoms with van der Waals surface area (Å²) in [6, 6.07) is 1.13. The maximum Gasteiger partial charge on any atom is 0.303 e. The molecule has 0 aromatic heterocycles. The molecule has 1 aliphatic heterocycles. The summed E-state index contributed by atoms with van der Waals surface area (Å²) in [7, 11) is -4.64. The van der Waals surface area contributed by atoms with Gasteiger partial charge in [-0.3, -0.25) is 0 Å². The smallest absolute Gasteiger partial charge is 0.303 e. The molecule has 0 unspecified atom stereocenters. The van der Waals surface area contributed by atoms with Gasteiger partial charge in [0, 0.05) is 0 Å². The van der Waals surface area contributed by atoms with Gasteiger partial charge in [0.15, 0.2) is 0 Å². The Bertz CT molecular complexity index is 179. The lowest BCUT2D eigenvalue weighted by atomic mass is 10.1. The van der Waals surface area contributed by atoms with Crippen LogP contribution in [0.25, 0.3) is 0 Å². The molecule has 1 saturated heterocycles. The molecule has 1 heterocycles. The molecule has 0 aromatic carbocycles. The lowest BCUT2D eigenvalue weighted by Gasteiger charge is -2.19.